The summed E-state index contributed by atoms with van der Waals surface area (Å²) in [6, 6.07) is 52.2. The first-order chi connectivity index (χ1) is 22.3. The molecule has 0 N–H and O–H groups in total. The van der Waals surface area contributed by atoms with Crippen LogP contribution in [0.25, 0.3) is 88.8 Å². The van der Waals surface area contributed by atoms with Crippen molar-refractivity contribution in [3.8, 4) is 45.3 Å². The fourth-order valence-corrected chi connectivity index (χ4v) is 6.31. The summed E-state index contributed by atoms with van der Waals surface area (Å²) in [4.78, 5) is 15.1. The summed E-state index contributed by atoms with van der Waals surface area (Å²) in [5.41, 5.74) is 6.72. The van der Waals surface area contributed by atoms with E-state index in [-0.39, 0.29) is 0 Å². The zero-order valence-corrected chi connectivity index (χ0v) is 24.2. The molecular weight excluding hydrogens is 550 g/mol. The highest BCUT2D eigenvalue weighted by Crippen LogP contribution is 2.37. The Balaban J connectivity index is 1.24. The van der Waals surface area contributed by atoms with Gasteiger partial charge in [-0.1, -0.05) is 121 Å². The predicted molar refractivity (Wildman–Crippen MR) is 184 cm³/mol. The van der Waals surface area contributed by atoms with Gasteiger partial charge in [0.25, 0.3) is 0 Å². The van der Waals surface area contributed by atoms with Crippen LogP contribution in [-0.4, -0.2) is 15.0 Å². The van der Waals surface area contributed by atoms with Crippen LogP contribution in [0.4, 0.5) is 0 Å². The van der Waals surface area contributed by atoms with Gasteiger partial charge in [0.05, 0.1) is 0 Å². The first-order valence-corrected chi connectivity index (χ1v) is 15.0. The number of hydrogen-bond donors (Lipinski definition) is 0. The number of aromatic nitrogens is 3. The number of nitrogens with zero attached hydrogens (tertiary/aromatic N) is 3. The average Bonchev–Trinajstić information content (AvgIpc) is 3.49. The van der Waals surface area contributed by atoms with Crippen LogP contribution < -0.4 is 0 Å². The maximum atomic E-state index is 6.44. The van der Waals surface area contributed by atoms with Gasteiger partial charge >= 0.3 is 0 Å². The minimum Gasteiger partial charge on any atom is -0.456 e. The molecule has 0 aliphatic rings. The molecule has 2 heterocycles. The molecule has 0 saturated carbocycles. The van der Waals surface area contributed by atoms with Crippen LogP contribution in [0.2, 0.25) is 0 Å². The van der Waals surface area contributed by atoms with E-state index in [0.29, 0.717) is 17.5 Å². The van der Waals surface area contributed by atoms with Gasteiger partial charge in [0.15, 0.2) is 17.5 Å². The molecule has 0 radical (unpaired) electrons. The second-order valence-corrected chi connectivity index (χ2v) is 11.3. The summed E-state index contributed by atoms with van der Waals surface area (Å²) in [5.74, 6) is 1.87. The predicted octanol–water partition coefficient (Wildman–Crippen LogP) is 10.7. The maximum Gasteiger partial charge on any atom is 0.164 e. The minimum absolute atomic E-state index is 0.600. The van der Waals surface area contributed by atoms with Gasteiger partial charge < -0.3 is 4.42 Å². The number of hydrogen-bond acceptors (Lipinski definition) is 4. The third kappa shape index (κ3) is 4.35. The van der Waals surface area contributed by atoms with E-state index in [2.05, 4.69) is 109 Å². The minimum atomic E-state index is 0.600. The van der Waals surface area contributed by atoms with Crippen LogP contribution in [0, 0.1) is 0 Å². The van der Waals surface area contributed by atoms with E-state index in [0.717, 1.165) is 60.5 Å². The average molecular weight is 576 g/mol. The maximum absolute atomic E-state index is 6.44. The second-order valence-electron chi connectivity index (χ2n) is 11.3. The van der Waals surface area contributed by atoms with Crippen molar-refractivity contribution in [1.29, 1.82) is 0 Å². The molecule has 0 atom stereocenters. The first-order valence-electron chi connectivity index (χ1n) is 15.0. The Labute approximate surface area is 259 Å². The molecule has 0 spiro atoms. The molecule has 0 fully saturated rings. The summed E-state index contributed by atoms with van der Waals surface area (Å²) < 4.78 is 6.44. The van der Waals surface area contributed by atoms with Crippen LogP contribution in [0.1, 0.15) is 0 Å². The molecule has 0 bridgehead atoms. The fourth-order valence-electron chi connectivity index (χ4n) is 6.31. The fraction of sp³-hybridized carbons (Fsp3) is 0. The number of rotatable bonds is 4. The second kappa shape index (κ2) is 10.2. The van der Waals surface area contributed by atoms with Gasteiger partial charge in [0.1, 0.15) is 11.2 Å². The molecule has 45 heavy (non-hydrogen) atoms. The largest absolute Gasteiger partial charge is 0.456 e. The summed E-state index contributed by atoms with van der Waals surface area (Å²) in [5, 5.41) is 6.78. The lowest BCUT2D eigenvalue weighted by atomic mass is 9.97. The summed E-state index contributed by atoms with van der Waals surface area (Å²) in [6.07, 6.45) is 0. The summed E-state index contributed by atoms with van der Waals surface area (Å²) in [6.45, 7) is 0. The highest BCUT2D eigenvalue weighted by molar-refractivity contribution is 6.13. The standard InChI is InChI=1S/C41H25N3O/c1-3-11-26(12-4-1)28-19-21-34-35-22-20-30(25-38(35)45-37(34)24-28)40-42-39(27-13-5-2-6-14-27)43-41(44-40)36-23-29-15-7-8-16-31(29)32-17-9-10-18-33(32)36/h1-25H. The van der Waals surface area contributed by atoms with Crippen molar-refractivity contribution < 1.29 is 4.42 Å². The van der Waals surface area contributed by atoms with Crippen molar-refractivity contribution >= 4 is 43.5 Å². The molecular formula is C41H25N3O. The summed E-state index contributed by atoms with van der Waals surface area (Å²) >= 11 is 0. The Kier molecular flexibility index (Phi) is 5.78. The quantitative estimate of drug-likeness (QED) is 0.196. The van der Waals surface area contributed by atoms with E-state index in [4.69, 9.17) is 19.4 Å². The third-order valence-corrected chi connectivity index (χ3v) is 8.51. The highest BCUT2D eigenvalue weighted by atomic mass is 16.3. The topological polar surface area (TPSA) is 51.8 Å². The number of fused-ring (bicyclic) bond motifs is 6. The van der Waals surface area contributed by atoms with Crippen LogP contribution in [-0.2, 0) is 0 Å². The van der Waals surface area contributed by atoms with Crippen LogP contribution in [0.15, 0.2) is 156 Å². The van der Waals surface area contributed by atoms with Crippen LogP contribution in [0.3, 0.4) is 0 Å². The Bertz CT molecular complexity index is 2540. The molecule has 9 rings (SSSR count). The Morgan fingerprint density at radius 1 is 0.333 bits per heavy atom. The molecule has 0 unspecified atom stereocenters. The molecule has 0 aliphatic heterocycles. The van der Waals surface area contributed by atoms with E-state index in [1.54, 1.807) is 0 Å². The molecule has 7 aromatic carbocycles. The van der Waals surface area contributed by atoms with Crippen molar-refractivity contribution in [3.63, 3.8) is 0 Å². The van der Waals surface area contributed by atoms with E-state index in [1.807, 2.05) is 42.5 Å². The third-order valence-electron chi connectivity index (χ3n) is 8.51. The van der Waals surface area contributed by atoms with Gasteiger partial charge in [-0.05, 0) is 63.0 Å². The molecule has 0 saturated heterocycles. The molecule has 4 nitrogen and oxygen atoms in total. The lowest BCUT2D eigenvalue weighted by Crippen LogP contribution is -2.00. The van der Waals surface area contributed by atoms with Gasteiger partial charge in [-0.3, -0.25) is 0 Å². The molecule has 4 heteroatoms. The van der Waals surface area contributed by atoms with Gasteiger partial charge in [-0.15, -0.1) is 0 Å². The number of furan rings is 1. The van der Waals surface area contributed by atoms with Crippen molar-refractivity contribution in [3.05, 3.63) is 152 Å². The smallest absolute Gasteiger partial charge is 0.164 e. The van der Waals surface area contributed by atoms with Crippen molar-refractivity contribution in [2.75, 3.05) is 0 Å². The SMILES string of the molecule is c1ccc(-c2ccc3c(c2)oc2cc(-c4nc(-c5ccccc5)nc(-c5cc6ccccc6c6ccccc56)n4)ccc23)cc1. The molecule has 0 amide bonds. The summed E-state index contributed by atoms with van der Waals surface area (Å²) in [7, 11) is 0. The van der Waals surface area contributed by atoms with Gasteiger partial charge in [0.2, 0.25) is 0 Å². The van der Waals surface area contributed by atoms with Gasteiger partial charge in [-0.25, -0.2) is 15.0 Å². The van der Waals surface area contributed by atoms with Crippen LogP contribution >= 0.6 is 0 Å². The zero-order valence-electron chi connectivity index (χ0n) is 24.2. The van der Waals surface area contributed by atoms with Crippen molar-refractivity contribution in [1.82, 2.24) is 15.0 Å². The molecule has 9 aromatic rings. The van der Waals surface area contributed by atoms with E-state index >= 15 is 0 Å². The van der Waals surface area contributed by atoms with E-state index < -0.39 is 0 Å². The molecule has 0 aliphatic carbocycles. The van der Waals surface area contributed by atoms with Gasteiger partial charge in [-0.2, -0.15) is 0 Å². The Hall–Kier alpha value is -6.13. The van der Waals surface area contributed by atoms with E-state index in [9.17, 15) is 0 Å². The monoisotopic (exact) mass is 575 g/mol. The van der Waals surface area contributed by atoms with Gasteiger partial charge in [0, 0.05) is 27.5 Å². The Morgan fingerprint density at radius 3 is 1.60 bits per heavy atom. The lowest BCUT2D eigenvalue weighted by Gasteiger charge is -2.12. The first kappa shape index (κ1) is 25.4. The zero-order chi connectivity index (χ0) is 29.7. The molecule has 210 valence electrons. The highest BCUT2D eigenvalue weighted by Gasteiger charge is 2.17. The normalized spacial score (nSPS) is 11.6. The lowest BCUT2D eigenvalue weighted by molar-refractivity contribution is 0.669. The molecule has 2 aromatic heterocycles. The number of benzene rings is 7. The van der Waals surface area contributed by atoms with Crippen molar-refractivity contribution in [2.24, 2.45) is 0 Å². The Morgan fingerprint density at radius 2 is 0.867 bits per heavy atom. The van der Waals surface area contributed by atoms with E-state index in [1.165, 1.54) is 10.8 Å². The van der Waals surface area contributed by atoms with Crippen LogP contribution in [0.5, 0.6) is 0 Å². The van der Waals surface area contributed by atoms with Crippen molar-refractivity contribution in [2.45, 2.75) is 0 Å².